The maximum absolute atomic E-state index is 13.1. The van der Waals surface area contributed by atoms with Crippen molar-refractivity contribution >= 4 is 28.8 Å². The minimum absolute atomic E-state index is 0.0365. The summed E-state index contributed by atoms with van der Waals surface area (Å²) in [5.74, 6) is 0.0899. The van der Waals surface area contributed by atoms with Crippen LogP contribution >= 0.6 is 11.3 Å². The Morgan fingerprint density at radius 2 is 2.25 bits per heavy atom. The first-order chi connectivity index (χ1) is 11.7. The van der Waals surface area contributed by atoms with Crippen LogP contribution in [0.1, 0.15) is 29.8 Å². The number of hydrogen-bond acceptors (Lipinski definition) is 4. The minimum atomic E-state index is -0.335. The zero-order chi connectivity index (χ0) is 16.5. The highest BCUT2D eigenvalue weighted by molar-refractivity contribution is 7.10. The Bertz CT molecular complexity index is 740. The summed E-state index contributed by atoms with van der Waals surface area (Å²) in [7, 11) is 0. The summed E-state index contributed by atoms with van der Waals surface area (Å²) in [6, 6.07) is 3.59. The molecule has 1 saturated heterocycles. The highest BCUT2D eigenvalue weighted by Crippen LogP contribution is 2.29. The van der Waals surface area contributed by atoms with E-state index in [4.69, 9.17) is 0 Å². The van der Waals surface area contributed by atoms with Crippen molar-refractivity contribution in [3.8, 4) is 0 Å². The molecule has 1 fully saturated rings. The minimum Gasteiger partial charge on any atom is -0.330 e. The van der Waals surface area contributed by atoms with Crippen molar-refractivity contribution in [2.75, 3.05) is 18.0 Å². The zero-order valence-corrected chi connectivity index (χ0v) is 14.2. The summed E-state index contributed by atoms with van der Waals surface area (Å²) >= 11 is 1.58. The van der Waals surface area contributed by atoms with Crippen LogP contribution in [0, 0.1) is 0 Å². The Hall–Kier alpha value is -2.15. The highest BCUT2D eigenvalue weighted by atomic mass is 32.1. The number of carbonyl (C=O) groups is 2. The molecule has 0 spiro atoms. The second-order valence-electron chi connectivity index (χ2n) is 6.33. The van der Waals surface area contributed by atoms with E-state index in [0.717, 1.165) is 41.9 Å². The molecule has 0 unspecified atom stereocenters. The van der Waals surface area contributed by atoms with E-state index in [0.29, 0.717) is 19.5 Å². The monoisotopic (exact) mass is 344 g/mol. The number of hydrogen-bond donors (Lipinski definition) is 1. The van der Waals surface area contributed by atoms with Crippen LogP contribution in [0.15, 0.2) is 23.7 Å². The molecule has 1 atom stereocenters. The Kier molecular flexibility index (Phi) is 4.10. The molecule has 2 aliphatic heterocycles. The molecule has 1 N–H and O–H groups in total. The average Bonchev–Trinajstić information content (AvgIpc) is 3.33. The molecule has 4 rings (SSSR count). The summed E-state index contributed by atoms with van der Waals surface area (Å²) in [5, 5.41) is 9.02. The third-order valence-corrected chi connectivity index (χ3v) is 5.70. The van der Waals surface area contributed by atoms with E-state index in [1.807, 2.05) is 22.4 Å². The van der Waals surface area contributed by atoms with E-state index < -0.39 is 0 Å². The van der Waals surface area contributed by atoms with Gasteiger partial charge in [0.25, 0.3) is 0 Å². The average molecular weight is 344 g/mol. The SMILES string of the molecule is O=C([C@@H]1CCCN1C(=O)Cc1cccs1)N1CCCc2[nH]ncc21. The summed E-state index contributed by atoms with van der Waals surface area (Å²) in [5.41, 5.74) is 1.90. The van der Waals surface area contributed by atoms with Crippen LogP contribution in [-0.2, 0) is 22.4 Å². The third kappa shape index (κ3) is 2.73. The summed E-state index contributed by atoms with van der Waals surface area (Å²) in [4.78, 5) is 30.4. The van der Waals surface area contributed by atoms with E-state index in [1.165, 1.54) is 0 Å². The molecule has 126 valence electrons. The zero-order valence-electron chi connectivity index (χ0n) is 13.4. The van der Waals surface area contributed by atoms with Gasteiger partial charge in [-0.1, -0.05) is 6.07 Å². The number of aromatic nitrogens is 2. The predicted octanol–water partition coefficient (Wildman–Crippen LogP) is 1.98. The first-order valence-corrected chi connectivity index (χ1v) is 9.27. The topological polar surface area (TPSA) is 69.3 Å². The van der Waals surface area contributed by atoms with Crippen molar-refractivity contribution in [2.45, 2.75) is 38.1 Å². The van der Waals surface area contributed by atoms with Gasteiger partial charge in [-0.05, 0) is 37.1 Å². The molecular formula is C17H20N4O2S. The fourth-order valence-electron chi connectivity index (χ4n) is 3.65. The molecule has 4 heterocycles. The van der Waals surface area contributed by atoms with E-state index in [2.05, 4.69) is 10.2 Å². The molecule has 2 aliphatic rings. The fraction of sp³-hybridized carbons (Fsp3) is 0.471. The molecule has 6 nitrogen and oxygen atoms in total. The second kappa shape index (κ2) is 6.39. The number of aryl methyl sites for hydroxylation is 1. The van der Waals surface area contributed by atoms with Gasteiger partial charge in [0.2, 0.25) is 11.8 Å². The van der Waals surface area contributed by atoms with Crippen LogP contribution in [0.5, 0.6) is 0 Å². The molecule has 24 heavy (non-hydrogen) atoms. The van der Waals surface area contributed by atoms with Crippen molar-refractivity contribution in [1.29, 1.82) is 0 Å². The lowest BCUT2D eigenvalue weighted by Gasteiger charge is -2.32. The normalized spacial score (nSPS) is 20.2. The molecule has 0 saturated carbocycles. The van der Waals surface area contributed by atoms with Crippen LogP contribution in [0.25, 0.3) is 0 Å². The van der Waals surface area contributed by atoms with E-state index in [9.17, 15) is 9.59 Å². The van der Waals surface area contributed by atoms with Crippen LogP contribution in [0.2, 0.25) is 0 Å². The van der Waals surface area contributed by atoms with Gasteiger partial charge in [-0.15, -0.1) is 11.3 Å². The van der Waals surface area contributed by atoms with Gasteiger partial charge in [0.15, 0.2) is 0 Å². The molecule has 2 amide bonds. The van der Waals surface area contributed by atoms with Crippen LogP contribution < -0.4 is 4.90 Å². The summed E-state index contributed by atoms with van der Waals surface area (Å²) < 4.78 is 0. The standard InChI is InChI=1S/C17H20N4O2S/c22-16(10-12-4-3-9-24-12)20-7-2-6-14(20)17(23)21-8-1-5-13-15(21)11-18-19-13/h3-4,9,11,14H,1-2,5-8,10H2,(H,18,19)/t14-/m0/s1. The summed E-state index contributed by atoms with van der Waals surface area (Å²) in [6.45, 7) is 1.38. The number of amides is 2. The third-order valence-electron chi connectivity index (χ3n) is 4.82. The predicted molar refractivity (Wildman–Crippen MR) is 92.0 cm³/mol. The molecule has 0 aromatic carbocycles. The molecule has 2 aromatic heterocycles. The number of nitrogens with zero attached hydrogens (tertiary/aromatic N) is 3. The maximum Gasteiger partial charge on any atom is 0.249 e. The van der Waals surface area contributed by atoms with Gasteiger partial charge in [0.1, 0.15) is 6.04 Å². The Labute approximate surface area is 144 Å². The number of likely N-dealkylation sites (tertiary alicyclic amines) is 1. The Morgan fingerprint density at radius 3 is 3.08 bits per heavy atom. The highest BCUT2D eigenvalue weighted by Gasteiger charge is 2.38. The Morgan fingerprint density at radius 1 is 1.33 bits per heavy atom. The molecule has 0 aliphatic carbocycles. The summed E-state index contributed by atoms with van der Waals surface area (Å²) in [6.07, 6.45) is 5.59. The fourth-order valence-corrected chi connectivity index (χ4v) is 4.35. The molecule has 0 radical (unpaired) electrons. The quantitative estimate of drug-likeness (QED) is 0.926. The number of aromatic amines is 1. The van der Waals surface area contributed by atoms with Gasteiger partial charge in [-0.3, -0.25) is 14.7 Å². The molecule has 7 heteroatoms. The van der Waals surface area contributed by atoms with Gasteiger partial charge in [0, 0.05) is 18.0 Å². The van der Waals surface area contributed by atoms with Crippen LogP contribution in [0.4, 0.5) is 5.69 Å². The van der Waals surface area contributed by atoms with Crippen molar-refractivity contribution in [1.82, 2.24) is 15.1 Å². The molecular weight excluding hydrogens is 324 g/mol. The lowest BCUT2D eigenvalue weighted by Crippen LogP contribution is -2.49. The van der Waals surface area contributed by atoms with Crippen molar-refractivity contribution in [2.24, 2.45) is 0 Å². The van der Waals surface area contributed by atoms with Crippen molar-refractivity contribution in [3.63, 3.8) is 0 Å². The van der Waals surface area contributed by atoms with Gasteiger partial charge in [0.05, 0.1) is 24.0 Å². The second-order valence-corrected chi connectivity index (χ2v) is 7.36. The number of thiophene rings is 1. The van der Waals surface area contributed by atoms with Crippen LogP contribution in [-0.4, -0.2) is 46.0 Å². The Balaban J connectivity index is 1.51. The lowest BCUT2D eigenvalue weighted by molar-refractivity contribution is -0.136. The van der Waals surface area contributed by atoms with E-state index in [-0.39, 0.29) is 17.9 Å². The van der Waals surface area contributed by atoms with Crippen LogP contribution in [0.3, 0.4) is 0 Å². The number of fused-ring (bicyclic) bond motifs is 1. The molecule has 0 bridgehead atoms. The number of H-pyrrole nitrogens is 1. The van der Waals surface area contributed by atoms with Gasteiger partial charge < -0.3 is 9.80 Å². The first-order valence-electron chi connectivity index (χ1n) is 8.39. The number of carbonyl (C=O) groups excluding carboxylic acids is 2. The number of nitrogens with one attached hydrogen (secondary N) is 1. The van der Waals surface area contributed by atoms with Crippen molar-refractivity contribution < 1.29 is 9.59 Å². The number of rotatable bonds is 3. The van der Waals surface area contributed by atoms with Gasteiger partial charge in [-0.2, -0.15) is 5.10 Å². The molecule has 2 aromatic rings. The van der Waals surface area contributed by atoms with E-state index >= 15 is 0 Å². The van der Waals surface area contributed by atoms with Gasteiger partial charge >= 0.3 is 0 Å². The number of anilines is 1. The largest absolute Gasteiger partial charge is 0.330 e. The lowest BCUT2D eigenvalue weighted by atomic mass is 10.1. The van der Waals surface area contributed by atoms with Crippen molar-refractivity contribution in [3.05, 3.63) is 34.3 Å². The smallest absolute Gasteiger partial charge is 0.249 e. The first kappa shape index (κ1) is 15.4. The van der Waals surface area contributed by atoms with Gasteiger partial charge in [-0.25, -0.2) is 0 Å². The maximum atomic E-state index is 13.1. The van der Waals surface area contributed by atoms with E-state index in [1.54, 1.807) is 22.4 Å².